The molecule has 1 saturated heterocycles. The van der Waals surface area contributed by atoms with Crippen LogP contribution in [0.4, 0.5) is 5.82 Å². The van der Waals surface area contributed by atoms with Crippen molar-refractivity contribution in [3.63, 3.8) is 0 Å². The third-order valence-electron chi connectivity index (χ3n) is 3.62. The lowest BCUT2D eigenvalue weighted by molar-refractivity contribution is -0.123. The molecule has 6 heteroatoms. The standard InChI is InChI=1S/C13H16N4OS/c1-8-6-19-11-10(8)15-7-16-12(11)17-4-3-9(5-17)13(18)14-2/h6-7,9H,3-5H2,1-2H3,(H,14,18). The second-order valence-corrected chi connectivity index (χ2v) is 5.72. The van der Waals surface area contributed by atoms with Gasteiger partial charge < -0.3 is 10.2 Å². The molecule has 19 heavy (non-hydrogen) atoms. The first-order valence-corrected chi connectivity index (χ1v) is 7.24. The average molecular weight is 276 g/mol. The number of rotatable bonds is 2. The Balaban J connectivity index is 1.92. The Hall–Kier alpha value is -1.69. The second kappa shape index (κ2) is 4.77. The van der Waals surface area contributed by atoms with Crippen molar-refractivity contribution in [2.75, 3.05) is 25.0 Å². The Morgan fingerprint density at radius 1 is 1.53 bits per heavy atom. The van der Waals surface area contributed by atoms with E-state index in [1.807, 2.05) is 0 Å². The highest BCUT2D eigenvalue weighted by Crippen LogP contribution is 2.33. The van der Waals surface area contributed by atoms with Gasteiger partial charge in [0.05, 0.1) is 16.1 Å². The van der Waals surface area contributed by atoms with Crippen LogP contribution >= 0.6 is 11.3 Å². The number of nitrogens with zero attached hydrogens (tertiary/aromatic N) is 3. The Labute approximate surface area is 115 Å². The number of hydrogen-bond donors (Lipinski definition) is 1. The lowest BCUT2D eigenvalue weighted by Crippen LogP contribution is -2.30. The van der Waals surface area contributed by atoms with Crippen molar-refractivity contribution in [3.8, 4) is 0 Å². The molecule has 1 atom stereocenters. The lowest BCUT2D eigenvalue weighted by atomic mass is 10.1. The molecule has 2 aromatic rings. The number of amides is 1. The smallest absolute Gasteiger partial charge is 0.224 e. The second-order valence-electron chi connectivity index (χ2n) is 4.84. The van der Waals surface area contributed by atoms with Gasteiger partial charge in [-0.05, 0) is 24.3 Å². The van der Waals surface area contributed by atoms with Crippen molar-refractivity contribution in [3.05, 3.63) is 17.3 Å². The zero-order valence-electron chi connectivity index (χ0n) is 11.0. The summed E-state index contributed by atoms with van der Waals surface area (Å²) in [6.45, 7) is 3.68. The molecule has 0 radical (unpaired) electrons. The first-order chi connectivity index (χ1) is 9.20. The third kappa shape index (κ3) is 2.06. The maximum atomic E-state index is 11.7. The summed E-state index contributed by atoms with van der Waals surface area (Å²) in [6.07, 6.45) is 2.50. The van der Waals surface area contributed by atoms with Crippen LogP contribution in [0, 0.1) is 12.8 Å². The van der Waals surface area contributed by atoms with Crippen LogP contribution < -0.4 is 10.2 Å². The van der Waals surface area contributed by atoms with Crippen LogP contribution in [-0.2, 0) is 4.79 Å². The molecular formula is C13H16N4OS. The van der Waals surface area contributed by atoms with Gasteiger partial charge in [0.2, 0.25) is 5.91 Å². The average Bonchev–Trinajstić information content (AvgIpc) is 3.05. The molecule has 3 heterocycles. The fraction of sp³-hybridized carbons (Fsp3) is 0.462. The molecule has 2 aromatic heterocycles. The minimum absolute atomic E-state index is 0.0658. The predicted octanol–water partition coefficient (Wildman–Crippen LogP) is 1.57. The van der Waals surface area contributed by atoms with Gasteiger partial charge in [-0.3, -0.25) is 4.79 Å². The first kappa shape index (κ1) is 12.3. The van der Waals surface area contributed by atoms with Gasteiger partial charge in [0.25, 0.3) is 0 Å². The maximum absolute atomic E-state index is 11.7. The fourth-order valence-corrected chi connectivity index (χ4v) is 3.57. The molecule has 1 amide bonds. The van der Waals surface area contributed by atoms with Gasteiger partial charge in [-0.15, -0.1) is 11.3 Å². The van der Waals surface area contributed by atoms with Crippen LogP contribution in [0.25, 0.3) is 10.2 Å². The van der Waals surface area contributed by atoms with E-state index in [0.29, 0.717) is 0 Å². The molecule has 0 bridgehead atoms. The van der Waals surface area contributed by atoms with E-state index in [-0.39, 0.29) is 11.8 Å². The van der Waals surface area contributed by atoms with E-state index >= 15 is 0 Å². The lowest BCUT2D eigenvalue weighted by Gasteiger charge is -2.17. The number of hydrogen-bond acceptors (Lipinski definition) is 5. The van der Waals surface area contributed by atoms with E-state index in [2.05, 4.69) is 32.5 Å². The van der Waals surface area contributed by atoms with E-state index in [4.69, 9.17) is 0 Å². The van der Waals surface area contributed by atoms with Crippen molar-refractivity contribution in [2.45, 2.75) is 13.3 Å². The minimum Gasteiger partial charge on any atom is -0.359 e. The predicted molar refractivity (Wildman–Crippen MR) is 76.5 cm³/mol. The molecule has 0 aromatic carbocycles. The van der Waals surface area contributed by atoms with Crippen molar-refractivity contribution in [1.29, 1.82) is 0 Å². The molecular weight excluding hydrogens is 260 g/mol. The van der Waals surface area contributed by atoms with E-state index < -0.39 is 0 Å². The SMILES string of the molecule is CNC(=O)C1CCN(c2ncnc3c(C)csc23)C1. The van der Waals surface area contributed by atoms with Gasteiger partial charge in [-0.1, -0.05) is 0 Å². The third-order valence-corrected chi connectivity index (χ3v) is 4.70. The van der Waals surface area contributed by atoms with Crippen molar-refractivity contribution < 1.29 is 4.79 Å². The van der Waals surface area contributed by atoms with Gasteiger partial charge in [0, 0.05) is 20.1 Å². The van der Waals surface area contributed by atoms with Crippen molar-refractivity contribution in [2.24, 2.45) is 5.92 Å². The molecule has 1 aliphatic heterocycles. The highest BCUT2D eigenvalue weighted by Gasteiger charge is 2.29. The summed E-state index contributed by atoms with van der Waals surface area (Å²) >= 11 is 1.68. The van der Waals surface area contributed by atoms with E-state index in [1.165, 1.54) is 5.56 Å². The Morgan fingerprint density at radius 2 is 2.37 bits per heavy atom. The normalized spacial score (nSPS) is 19.1. The first-order valence-electron chi connectivity index (χ1n) is 6.36. The molecule has 5 nitrogen and oxygen atoms in total. The number of carbonyl (C=O) groups is 1. The summed E-state index contributed by atoms with van der Waals surface area (Å²) in [5.41, 5.74) is 2.21. The summed E-state index contributed by atoms with van der Waals surface area (Å²) in [4.78, 5) is 22.6. The summed E-state index contributed by atoms with van der Waals surface area (Å²) in [5.74, 6) is 1.15. The fourth-order valence-electron chi connectivity index (χ4n) is 2.55. The molecule has 1 unspecified atom stereocenters. The van der Waals surface area contributed by atoms with Crippen molar-refractivity contribution >= 4 is 33.3 Å². The largest absolute Gasteiger partial charge is 0.359 e. The van der Waals surface area contributed by atoms with Crippen LogP contribution in [0.2, 0.25) is 0 Å². The molecule has 0 saturated carbocycles. The Kier molecular flexibility index (Phi) is 3.10. The minimum atomic E-state index is 0.0658. The number of nitrogens with one attached hydrogen (secondary N) is 1. The summed E-state index contributed by atoms with van der Waals surface area (Å²) in [7, 11) is 1.69. The Bertz CT molecular complexity index is 624. The van der Waals surface area contributed by atoms with Gasteiger partial charge in [0.1, 0.15) is 12.1 Å². The molecule has 3 rings (SSSR count). The molecule has 1 N–H and O–H groups in total. The summed E-state index contributed by atoms with van der Waals surface area (Å²) < 4.78 is 1.12. The topological polar surface area (TPSA) is 58.1 Å². The van der Waals surface area contributed by atoms with Crippen LogP contribution in [0.3, 0.4) is 0 Å². The van der Waals surface area contributed by atoms with Gasteiger partial charge in [-0.2, -0.15) is 0 Å². The van der Waals surface area contributed by atoms with Gasteiger partial charge >= 0.3 is 0 Å². The van der Waals surface area contributed by atoms with Gasteiger partial charge in [0.15, 0.2) is 0 Å². The number of fused-ring (bicyclic) bond motifs is 1. The molecule has 1 fully saturated rings. The summed E-state index contributed by atoms with van der Waals surface area (Å²) in [6, 6.07) is 0. The highest BCUT2D eigenvalue weighted by molar-refractivity contribution is 7.18. The maximum Gasteiger partial charge on any atom is 0.224 e. The van der Waals surface area contributed by atoms with E-state index in [0.717, 1.165) is 35.5 Å². The number of anilines is 1. The van der Waals surface area contributed by atoms with Crippen LogP contribution in [0.1, 0.15) is 12.0 Å². The molecule has 100 valence electrons. The number of aryl methyl sites for hydroxylation is 1. The molecule has 1 aliphatic rings. The van der Waals surface area contributed by atoms with Crippen LogP contribution in [0.15, 0.2) is 11.7 Å². The highest BCUT2D eigenvalue weighted by atomic mass is 32.1. The van der Waals surface area contributed by atoms with Crippen LogP contribution in [0.5, 0.6) is 0 Å². The zero-order valence-corrected chi connectivity index (χ0v) is 11.8. The number of carbonyl (C=O) groups excluding carboxylic acids is 1. The van der Waals surface area contributed by atoms with Gasteiger partial charge in [-0.25, -0.2) is 9.97 Å². The number of aromatic nitrogens is 2. The van der Waals surface area contributed by atoms with Crippen LogP contribution in [-0.4, -0.2) is 36.0 Å². The zero-order chi connectivity index (χ0) is 13.4. The number of thiophene rings is 1. The van der Waals surface area contributed by atoms with Crippen molar-refractivity contribution in [1.82, 2.24) is 15.3 Å². The summed E-state index contributed by atoms with van der Waals surface area (Å²) in [5, 5.41) is 4.83. The van der Waals surface area contributed by atoms with E-state index in [1.54, 1.807) is 24.7 Å². The molecule has 0 aliphatic carbocycles. The quantitative estimate of drug-likeness (QED) is 0.904. The molecule has 0 spiro atoms. The van der Waals surface area contributed by atoms with E-state index in [9.17, 15) is 4.79 Å². The monoisotopic (exact) mass is 276 g/mol. The Morgan fingerprint density at radius 3 is 3.16 bits per heavy atom.